The number of likely N-dealkylation sites (tertiary alicyclic amines) is 1. The number of amides is 3. The van der Waals surface area contributed by atoms with Crippen molar-refractivity contribution < 1.29 is 23.9 Å². The Morgan fingerprint density at radius 1 is 1.08 bits per heavy atom. The lowest BCUT2D eigenvalue weighted by Crippen LogP contribution is -2.48. The number of nitrogens with one attached hydrogen (secondary N) is 2. The molecule has 2 N–H and O–H groups in total. The fraction of sp³-hybridized carbons (Fsp3) is 0.467. The summed E-state index contributed by atoms with van der Waals surface area (Å²) >= 11 is 0. The molecule has 0 unspecified atom stereocenters. The molecule has 0 radical (unpaired) electrons. The highest BCUT2D eigenvalue weighted by atomic mass is 16.6. The second-order valence-corrected chi connectivity index (χ2v) is 11.8. The van der Waals surface area contributed by atoms with E-state index in [1.807, 2.05) is 69.3 Å². The van der Waals surface area contributed by atoms with Crippen LogP contribution in [0.1, 0.15) is 65.0 Å². The zero-order valence-corrected chi connectivity index (χ0v) is 23.3. The van der Waals surface area contributed by atoms with Gasteiger partial charge in [-0.05, 0) is 57.1 Å². The summed E-state index contributed by atoms with van der Waals surface area (Å²) in [5.74, 6) is -0.494. The highest BCUT2D eigenvalue weighted by Gasteiger charge is 2.39. The molecule has 0 saturated carbocycles. The van der Waals surface area contributed by atoms with Crippen LogP contribution in [0.25, 0.3) is 0 Å². The summed E-state index contributed by atoms with van der Waals surface area (Å²) in [5.41, 5.74) is 1.97. The van der Waals surface area contributed by atoms with Crippen molar-refractivity contribution in [1.82, 2.24) is 10.2 Å². The fourth-order valence-corrected chi connectivity index (χ4v) is 4.73. The quantitative estimate of drug-likeness (QED) is 0.539. The Hall–Kier alpha value is -3.88. The van der Waals surface area contributed by atoms with Gasteiger partial charge in [0, 0.05) is 12.1 Å². The summed E-state index contributed by atoms with van der Waals surface area (Å²) < 4.78 is 11.1. The first-order valence-corrected chi connectivity index (χ1v) is 13.4. The van der Waals surface area contributed by atoms with Crippen LogP contribution in [0.4, 0.5) is 15.3 Å². The van der Waals surface area contributed by atoms with Gasteiger partial charge in [0.2, 0.25) is 6.17 Å². The number of benzodiazepines with no additional fused rings is 1. The number of carbonyl (C=O) groups is 3. The number of rotatable bonds is 4. The average Bonchev–Trinajstić information content (AvgIpc) is 3.11. The van der Waals surface area contributed by atoms with Gasteiger partial charge in [-0.3, -0.25) is 20.0 Å². The van der Waals surface area contributed by atoms with E-state index in [2.05, 4.69) is 24.5 Å². The molecular formula is C30H38N4O5. The Morgan fingerprint density at radius 2 is 1.77 bits per heavy atom. The largest absolute Gasteiger partial charge is 0.445 e. The molecule has 1 saturated heterocycles. The molecule has 39 heavy (non-hydrogen) atoms. The van der Waals surface area contributed by atoms with E-state index in [0.29, 0.717) is 29.9 Å². The maximum absolute atomic E-state index is 13.4. The molecule has 0 aliphatic carbocycles. The Balaban J connectivity index is 1.67. The van der Waals surface area contributed by atoms with E-state index in [1.54, 1.807) is 11.0 Å². The van der Waals surface area contributed by atoms with Crippen molar-refractivity contribution in [3.8, 4) is 0 Å². The zero-order chi connectivity index (χ0) is 28.2. The molecule has 3 amide bonds. The van der Waals surface area contributed by atoms with Gasteiger partial charge in [0.05, 0.1) is 17.4 Å². The topological polar surface area (TPSA) is 109 Å². The molecule has 2 atom stereocenters. The van der Waals surface area contributed by atoms with E-state index in [9.17, 15) is 14.4 Å². The van der Waals surface area contributed by atoms with E-state index in [0.717, 1.165) is 18.4 Å². The van der Waals surface area contributed by atoms with Crippen molar-refractivity contribution in [1.29, 1.82) is 0 Å². The van der Waals surface area contributed by atoms with Crippen LogP contribution in [-0.4, -0.2) is 53.1 Å². The number of aliphatic imine (C=N–C) groups is 1. The minimum Gasteiger partial charge on any atom is -0.445 e. The number of anilines is 1. The van der Waals surface area contributed by atoms with Crippen LogP contribution in [0, 0.1) is 5.41 Å². The SMILES string of the molecule is CC1(C)CC[C@H](C2=N[C@@H](NC(=O)OCc3ccccc3)C(=O)Nc3ccccc32)N(C(=O)OC(C)(C)C)CC1. The first kappa shape index (κ1) is 28.1. The molecule has 2 aliphatic rings. The minimum absolute atomic E-state index is 0.00673. The van der Waals surface area contributed by atoms with Crippen molar-refractivity contribution in [2.75, 3.05) is 11.9 Å². The Bertz CT molecular complexity index is 1240. The number of nitrogens with zero attached hydrogens (tertiary/aromatic N) is 2. The summed E-state index contributed by atoms with van der Waals surface area (Å²) in [6, 6.07) is 16.2. The molecule has 0 spiro atoms. The number of hydrogen-bond acceptors (Lipinski definition) is 6. The summed E-state index contributed by atoms with van der Waals surface area (Å²) in [6.07, 6.45) is -0.176. The summed E-state index contributed by atoms with van der Waals surface area (Å²) in [7, 11) is 0. The lowest BCUT2D eigenvalue weighted by molar-refractivity contribution is -0.117. The Kier molecular flexibility index (Phi) is 8.28. The fourth-order valence-electron chi connectivity index (χ4n) is 4.73. The lowest BCUT2D eigenvalue weighted by Gasteiger charge is -2.33. The number of fused-ring (bicyclic) bond motifs is 1. The predicted molar refractivity (Wildman–Crippen MR) is 150 cm³/mol. The van der Waals surface area contributed by atoms with E-state index in [4.69, 9.17) is 14.5 Å². The second-order valence-electron chi connectivity index (χ2n) is 11.8. The first-order chi connectivity index (χ1) is 18.4. The van der Waals surface area contributed by atoms with Gasteiger partial charge < -0.3 is 14.8 Å². The molecule has 0 aromatic heterocycles. The number of hydrogen-bond donors (Lipinski definition) is 2. The van der Waals surface area contributed by atoms with Crippen molar-refractivity contribution in [2.24, 2.45) is 10.4 Å². The van der Waals surface area contributed by atoms with Crippen molar-refractivity contribution >= 4 is 29.5 Å². The number of ether oxygens (including phenoxy) is 2. The smallest absolute Gasteiger partial charge is 0.410 e. The van der Waals surface area contributed by atoms with Crippen LogP contribution in [0.2, 0.25) is 0 Å². The van der Waals surface area contributed by atoms with Crippen LogP contribution < -0.4 is 10.6 Å². The maximum Gasteiger partial charge on any atom is 0.410 e. The number of para-hydroxylation sites is 1. The van der Waals surface area contributed by atoms with Gasteiger partial charge in [-0.25, -0.2) is 9.59 Å². The van der Waals surface area contributed by atoms with Crippen LogP contribution in [0.5, 0.6) is 0 Å². The van der Waals surface area contributed by atoms with Crippen LogP contribution >= 0.6 is 0 Å². The lowest BCUT2D eigenvalue weighted by atomic mass is 9.84. The average molecular weight is 535 g/mol. The molecule has 9 nitrogen and oxygen atoms in total. The van der Waals surface area contributed by atoms with Gasteiger partial charge in [0.15, 0.2) is 0 Å². The normalized spacial score (nSPS) is 20.9. The van der Waals surface area contributed by atoms with E-state index >= 15 is 0 Å². The molecule has 4 rings (SSSR count). The molecule has 2 aliphatic heterocycles. The maximum atomic E-state index is 13.4. The molecule has 9 heteroatoms. The van der Waals surface area contributed by atoms with Crippen molar-refractivity contribution in [3.63, 3.8) is 0 Å². The van der Waals surface area contributed by atoms with Crippen molar-refractivity contribution in [3.05, 3.63) is 65.7 Å². The standard InChI is InChI=1S/C30H38N4O5/c1-29(2,3)39-28(37)34-18-17-30(4,5)16-15-23(34)24-21-13-9-10-14-22(21)31-26(35)25(32-24)33-27(36)38-19-20-11-7-6-8-12-20/h6-14,23,25H,15-19H2,1-5H3,(H,31,35)(H,33,36)/t23-,25+/m1/s1. The third kappa shape index (κ3) is 7.37. The molecule has 208 valence electrons. The molecule has 1 fully saturated rings. The number of alkyl carbamates (subject to hydrolysis) is 1. The third-order valence-corrected chi connectivity index (χ3v) is 6.89. The van der Waals surface area contributed by atoms with E-state index in [1.165, 1.54) is 0 Å². The monoisotopic (exact) mass is 534 g/mol. The Labute approximate surface area is 230 Å². The van der Waals surface area contributed by atoms with Gasteiger partial charge in [-0.1, -0.05) is 62.4 Å². The molecule has 2 heterocycles. The highest BCUT2D eigenvalue weighted by Crippen LogP contribution is 2.35. The number of carbonyl (C=O) groups excluding carboxylic acids is 3. The van der Waals surface area contributed by atoms with Gasteiger partial charge >= 0.3 is 12.2 Å². The van der Waals surface area contributed by atoms with Crippen LogP contribution in [-0.2, 0) is 20.9 Å². The zero-order valence-electron chi connectivity index (χ0n) is 23.3. The van der Waals surface area contributed by atoms with Crippen LogP contribution in [0.15, 0.2) is 59.6 Å². The second kappa shape index (κ2) is 11.5. The van der Waals surface area contributed by atoms with Gasteiger partial charge in [-0.15, -0.1) is 0 Å². The minimum atomic E-state index is -1.24. The Morgan fingerprint density at radius 3 is 2.49 bits per heavy atom. The van der Waals surface area contributed by atoms with Crippen LogP contribution in [0.3, 0.4) is 0 Å². The van der Waals surface area contributed by atoms with E-state index in [-0.39, 0.29) is 12.0 Å². The molecule has 0 bridgehead atoms. The molecule has 2 aromatic rings. The molecule has 2 aromatic carbocycles. The summed E-state index contributed by atoms with van der Waals surface area (Å²) in [4.78, 5) is 45.8. The van der Waals surface area contributed by atoms with Gasteiger partial charge in [-0.2, -0.15) is 0 Å². The van der Waals surface area contributed by atoms with Gasteiger partial charge in [0.1, 0.15) is 12.2 Å². The summed E-state index contributed by atoms with van der Waals surface area (Å²) in [6.45, 7) is 10.4. The third-order valence-electron chi connectivity index (χ3n) is 6.89. The van der Waals surface area contributed by atoms with E-state index < -0.39 is 35.9 Å². The number of benzene rings is 2. The van der Waals surface area contributed by atoms with Crippen molar-refractivity contribution in [2.45, 2.75) is 78.3 Å². The highest BCUT2D eigenvalue weighted by molar-refractivity contribution is 6.15. The first-order valence-electron chi connectivity index (χ1n) is 13.4. The van der Waals surface area contributed by atoms with Gasteiger partial charge in [0.25, 0.3) is 5.91 Å². The predicted octanol–water partition coefficient (Wildman–Crippen LogP) is 5.50. The summed E-state index contributed by atoms with van der Waals surface area (Å²) in [5, 5.41) is 5.48. The molecular weight excluding hydrogens is 496 g/mol.